The van der Waals surface area contributed by atoms with Crippen LogP contribution in [0.3, 0.4) is 0 Å². The number of amides is 1. The second-order valence-electron chi connectivity index (χ2n) is 8.31. The summed E-state index contributed by atoms with van der Waals surface area (Å²) in [5, 5.41) is 9.40. The third kappa shape index (κ3) is 8.81. The summed E-state index contributed by atoms with van der Waals surface area (Å²) in [4.78, 5) is 18.3. The van der Waals surface area contributed by atoms with Crippen molar-refractivity contribution in [3.05, 3.63) is 24.2 Å². The number of guanidine groups is 1. The van der Waals surface area contributed by atoms with Crippen molar-refractivity contribution in [3.8, 4) is 0 Å². The normalized spacial score (nSPS) is 14.0. The molecule has 0 fully saturated rings. The zero-order chi connectivity index (χ0) is 20.7. The first-order chi connectivity index (χ1) is 12.4. The van der Waals surface area contributed by atoms with Crippen LogP contribution >= 0.6 is 0 Å². The van der Waals surface area contributed by atoms with E-state index in [-0.39, 0.29) is 6.04 Å². The van der Waals surface area contributed by atoms with Crippen LogP contribution in [0.1, 0.15) is 46.4 Å². The molecule has 3 N–H and O–H groups in total. The van der Waals surface area contributed by atoms with Crippen molar-refractivity contribution in [2.45, 2.75) is 51.8 Å². The molecule has 0 aliphatic rings. The minimum absolute atomic E-state index is 0.0754. The highest BCUT2D eigenvalue weighted by Crippen LogP contribution is 2.17. The fourth-order valence-corrected chi connectivity index (χ4v) is 2.36. The number of likely N-dealkylation sites (N-methyl/N-ethyl adjacent to an activating group) is 1. The molecule has 154 valence electrons. The minimum Gasteiger partial charge on any atom is -0.468 e. The van der Waals surface area contributed by atoms with Gasteiger partial charge in [0.2, 0.25) is 0 Å². The largest absolute Gasteiger partial charge is 0.468 e. The van der Waals surface area contributed by atoms with E-state index in [4.69, 9.17) is 9.15 Å². The summed E-state index contributed by atoms with van der Waals surface area (Å²) in [6, 6.07) is 3.91. The smallest absolute Gasteiger partial charge is 0.408 e. The molecule has 1 aromatic rings. The lowest BCUT2D eigenvalue weighted by Crippen LogP contribution is -2.54. The Labute approximate surface area is 162 Å². The Morgan fingerprint density at radius 1 is 1.26 bits per heavy atom. The second kappa shape index (κ2) is 9.64. The Bertz CT molecular complexity index is 603. The number of aliphatic imine (C=N–C) groups is 1. The first-order valence-corrected chi connectivity index (χ1v) is 9.09. The first kappa shape index (κ1) is 22.8. The molecule has 1 amide bonds. The summed E-state index contributed by atoms with van der Waals surface area (Å²) in [6.07, 6.45) is 1.23. The predicted molar refractivity (Wildman–Crippen MR) is 108 cm³/mol. The third-order valence-corrected chi connectivity index (χ3v) is 3.72. The van der Waals surface area contributed by atoms with E-state index in [0.717, 1.165) is 5.76 Å². The molecule has 1 unspecified atom stereocenters. The number of nitrogens with one attached hydrogen (secondary N) is 3. The highest BCUT2D eigenvalue weighted by molar-refractivity contribution is 5.79. The van der Waals surface area contributed by atoms with Crippen LogP contribution < -0.4 is 16.0 Å². The van der Waals surface area contributed by atoms with Gasteiger partial charge in [-0.2, -0.15) is 0 Å². The molecule has 8 heteroatoms. The first-order valence-electron chi connectivity index (χ1n) is 9.09. The van der Waals surface area contributed by atoms with E-state index in [0.29, 0.717) is 19.0 Å². The van der Waals surface area contributed by atoms with Crippen LogP contribution in [-0.4, -0.2) is 62.3 Å². The molecule has 0 aliphatic heterocycles. The Kier molecular flexibility index (Phi) is 8.15. The van der Waals surface area contributed by atoms with Gasteiger partial charge < -0.3 is 25.1 Å². The van der Waals surface area contributed by atoms with Crippen LogP contribution in [0.5, 0.6) is 0 Å². The SMILES string of the molecule is CN=C(NCC(c1ccco1)N(C)C)NCC(C)(C)NC(=O)OC(C)(C)C. The maximum Gasteiger partial charge on any atom is 0.408 e. The molecule has 0 saturated heterocycles. The summed E-state index contributed by atoms with van der Waals surface area (Å²) >= 11 is 0. The summed E-state index contributed by atoms with van der Waals surface area (Å²) < 4.78 is 10.8. The Balaban J connectivity index is 2.54. The molecular formula is C19H35N5O3. The number of hydrogen-bond acceptors (Lipinski definition) is 5. The molecule has 0 bridgehead atoms. The molecule has 0 saturated carbocycles. The third-order valence-electron chi connectivity index (χ3n) is 3.72. The zero-order valence-electron chi connectivity index (χ0n) is 17.8. The van der Waals surface area contributed by atoms with Crippen molar-refractivity contribution in [2.24, 2.45) is 4.99 Å². The molecule has 0 aliphatic carbocycles. The maximum absolute atomic E-state index is 12.0. The predicted octanol–water partition coefficient (Wildman–Crippen LogP) is 2.35. The van der Waals surface area contributed by atoms with Gasteiger partial charge in [0.05, 0.1) is 17.8 Å². The number of carbonyl (C=O) groups excluding carboxylic acids is 1. The van der Waals surface area contributed by atoms with Gasteiger partial charge in [-0.1, -0.05) is 0 Å². The molecule has 0 spiro atoms. The van der Waals surface area contributed by atoms with Gasteiger partial charge in [-0.3, -0.25) is 9.89 Å². The van der Waals surface area contributed by atoms with Crippen molar-refractivity contribution in [1.29, 1.82) is 0 Å². The van der Waals surface area contributed by atoms with Gasteiger partial charge in [-0.05, 0) is 60.8 Å². The van der Waals surface area contributed by atoms with E-state index in [1.165, 1.54) is 0 Å². The summed E-state index contributed by atoms with van der Waals surface area (Å²) in [6.45, 7) is 10.5. The zero-order valence-corrected chi connectivity index (χ0v) is 17.8. The number of nitrogens with zero attached hydrogens (tertiary/aromatic N) is 2. The van der Waals surface area contributed by atoms with Crippen molar-refractivity contribution in [3.63, 3.8) is 0 Å². The van der Waals surface area contributed by atoms with Gasteiger partial charge in [0.15, 0.2) is 5.96 Å². The minimum atomic E-state index is -0.530. The van der Waals surface area contributed by atoms with E-state index in [1.54, 1.807) is 13.3 Å². The van der Waals surface area contributed by atoms with Crippen molar-refractivity contribution in [2.75, 3.05) is 34.2 Å². The van der Waals surface area contributed by atoms with E-state index >= 15 is 0 Å². The molecular weight excluding hydrogens is 346 g/mol. The number of hydrogen-bond donors (Lipinski definition) is 3. The van der Waals surface area contributed by atoms with Crippen LogP contribution in [0.4, 0.5) is 4.79 Å². The van der Waals surface area contributed by atoms with E-state index in [2.05, 4.69) is 25.8 Å². The highest BCUT2D eigenvalue weighted by atomic mass is 16.6. The average Bonchev–Trinajstić information content (AvgIpc) is 3.01. The van der Waals surface area contributed by atoms with Crippen molar-refractivity contribution >= 4 is 12.1 Å². The van der Waals surface area contributed by atoms with Crippen LogP contribution in [0.15, 0.2) is 27.8 Å². The van der Waals surface area contributed by atoms with Crippen LogP contribution in [0.2, 0.25) is 0 Å². The summed E-state index contributed by atoms with van der Waals surface area (Å²) in [5.74, 6) is 1.53. The maximum atomic E-state index is 12.0. The summed E-state index contributed by atoms with van der Waals surface area (Å²) in [5.41, 5.74) is -1.04. The molecule has 1 heterocycles. The van der Waals surface area contributed by atoms with Gasteiger partial charge in [0, 0.05) is 20.1 Å². The second-order valence-corrected chi connectivity index (χ2v) is 8.31. The number of carbonyl (C=O) groups is 1. The lowest BCUT2D eigenvalue weighted by Gasteiger charge is -2.30. The number of rotatable bonds is 7. The number of alkyl carbamates (subject to hydrolysis) is 1. The lowest BCUT2D eigenvalue weighted by molar-refractivity contribution is 0.0474. The fraction of sp³-hybridized carbons (Fsp3) is 0.684. The molecule has 1 atom stereocenters. The standard InChI is InChI=1S/C19H35N5O3/c1-18(2,3)27-17(25)23-19(4,5)13-22-16(20-6)21-12-14(24(7)8)15-10-9-11-26-15/h9-11,14H,12-13H2,1-8H3,(H,23,25)(H2,20,21,22). The van der Waals surface area contributed by atoms with Crippen LogP contribution in [0, 0.1) is 0 Å². The van der Waals surface area contributed by atoms with E-state index < -0.39 is 17.2 Å². The monoisotopic (exact) mass is 381 g/mol. The summed E-state index contributed by atoms with van der Waals surface area (Å²) in [7, 11) is 5.71. The van der Waals surface area contributed by atoms with Crippen molar-refractivity contribution in [1.82, 2.24) is 20.9 Å². The number of furan rings is 1. The molecule has 0 radical (unpaired) electrons. The number of ether oxygens (including phenoxy) is 1. The van der Waals surface area contributed by atoms with Crippen LogP contribution in [0.25, 0.3) is 0 Å². The quantitative estimate of drug-likeness (QED) is 0.496. The molecule has 1 aromatic heterocycles. The van der Waals surface area contributed by atoms with Gasteiger partial charge in [-0.25, -0.2) is 4.79 Å². The average molecular weight is 382 g/mol. The topological polar surface area (TPSA) is 91.1 Å². The molecule has 1 rings (SSSR count). The Morgan fingerprint density at radius 2 is 1.93 bits per heavy atom. The van der Waals surface area contributed by atoms with E-state index in [1.807, 2.05) is 60.8 Å². The fourth-order valence-electron chi connectivity index (χ4n) is 2.36. The Morgan fingerprint density at radius 3 is 2.41 bits per heavy atom. The van der Waals surface area contributed by atoms with Gasteiger partial charge >= 0.3 is 6.09 Å². The molecule has 8 nitrogen and oxygen atoms in total. The van der Waals surface area contributed by atoms with E-state index in [9.17, 15) is 4.79 Å². The molecule has 0 aromatic carbocycles. The molecule has 27 heavy (non-hydrogen) atoms. The van der Waals surface area contributed by atoms with Gasteiger partial charge in [-0.15, -0.1) is 0 Å². The van der Waals surface area contributed by atoms with Crippen molar-refractivity contribution < 1.29 is 13.9 Å². The lowest BCUT2D eigenvalue weighted by atomic mass is 10.1. The van der Waals surface area contributed by atoms with Gasteiger partial charge in [0.25, 0.3) is 0 Å². The van der Waals surface area contributed by atoms with Crippen LogP contribution in [-0.2, 0) is 4.74 Å². The van der Waals surface area contributed by atoms with Gasteiger partial charge in [0.1, 0.15) is 11.4 Å². The Hall–Kier alpha value is -2.22. The highest BCUT2D eigenvalue weighted by Gasteiger charge is 2.25.